The summed E-state index contributed by atoms with van der Waals surface area (Å²) in [6, 6.07) is 25.2. The Labute approximate surface area is 171 Å². The van der Waals surface area contributed by atoms with E-state index >= 15 is 0 Å². The molecule has 136 valence electrons. The van der Waals surface area contributed by atoms with Crippen LogP contribution in [0.4, 0.5) is 0 Å². The summed E-state index contributed by atoms with van der Waals surface area (Å²) in [7, 11) is 0. The second kappa shape index (κ2) is 8.19. The molecular formula is C22H18BrNO2S. The van der Waals surface area contributed by atoms with E-state index in [1.54, 1.807) is 11.8 Å². The second-order valence-electron chi connectivity index (χ2n) is 6.18. The maximum absolute atomic E-state index is 13.3. The first-order valence-corrected chi connectivity index (χ1v) is 10.6. The van der Waals surface area contributed by atoms with Crippen LogP contribution >= 0.6 is 27.7 Å². The highest BCUT2D eigenvalue weighted by atomic mass is 79.9. The summed E-state index contributed by atoms with van der Waals surface area (Å²) in [5.74, 6) is 2.23. The van der Waals surface area contributed by atoms with Crippen LogP contribution in [0.15, 0.2) is 83.3 Å². The molecule has 1 aliphatic heterocycles. The molecule has 0 aromatic heterocycles. The van der Waals surface area contributed by atoms with E-state index in [2.05, 4.69) is 28.1 Å². The van der Waals surface area contributed by atoms with Gasteiger partial charge in [0.05, 0.1) is 5.56 Å². The molecular weight excluding hydrogens is 422 g/mol. The lowest BCUT2D eigenvalue weighted by atomic mass is 10.1. The first-order chi connectivity index (χ1) is 13.2. The summed E-state index contributed by atoms with van der Waals surface area (Å²) in [5, 5.41) is 0.0235. The summed E-state index contributed by atoms with van der Waals surface area (Å²) < 4.78 is 7.02. The quantitative estimate of drug-likeness (QED) is 0.489. The monoisotopic (exact) mass is 439 g/mol. The van der Waals surface area contributed by atoms with E-state index in [1.165, 1.54) is 0 Å². The van der Waals surface area contributed by atoms with E-state index in [-0.39, 0.29) is 11.3 Å². The van der Waals surface area contributed by atoms with Crippen molar-refractivity contribution in [1.82, 2.24) is 4.90 Å². The Bertz CT molecular complexity index is 931. The van der Waals surface area contributed by atoms with Gasteiger partial charge in [0.25, 0.3) is 5.91 Å². The van der Waals surface area contributed by atoms with Crippen molar-refractivity contribution in [3.05, 3.63) is 94.5 Å². The molecule has 5 heteroatoms. The van der Waals surface area contributed by atoms with Crippen LogP contribution in [0, 0.1) is 0 Å². The molecule has 0 saturated carbocycles. The minimum atomic E-state index is -0.000509. The van der Waals surface area contributed by atoms with E-state index in [0.29, 0.717) is 11.3 Å². The number of amides is 1. The topological polar surface area (TPSA) is 29.5 Å². The van der Waals surface area contributed by atoms with E-state index in [9.17, 15) is 4.79 Å². The number of nitrogens with zero attached hydrogens (tertiary/aromatic N) is 1. The number of carbonyl (C=O) groups is 1. The van der Waals surface area contributed by atoms with Gasteiger partial charge in [-0.05, 0) is 42.0 Å². The fraction of sp³-hybridized carbons (Fsp3) is 0.136. The lowest BCUT2D eigenvalue weighted by Gasteiger charge is -2.25. The minimum Gasteiger partial charge on any atom is -0.457 e. The van der Waals surface area contributed by atoms with Crippen LogP contribution in [0.1, 0.15) is 21.3 Å². The number of benzene rings is 3. The van der Waals surface area contributed by atoms with E-state index in [0.717, 1.165) is 28.1 Å². The lowest BCUT2D eigenvalue weighted by molar-refractivity contribution is 0.0757. The van der Waals surface area contributed by atoms with Gasteiger partial charge in [-0.25, -0.2) is 0 Å². The highest BCUT2D eigenvalue weighted by Gasteiger charge is 2.32. The Morgan fingerprint density at radius 1 is 0.963 bits per heavy atom. The number of ether oxygens (including phenoxy) is 1. The van der Waals surface area contributed by atoms with Gasteiger partial charge in [0, 0.05) is 16.8 Å². The van der Waals surface area contributed by atoms with Crippen molar-refractivity contribution >= 4 is 33.6 Å². The van der Waals surface area contributed by atoms with Crippen molar-refractivity contribution in [2.24, 2.45) is 0 Å². The van der Waals surface area contributed by atoms with Gasteiger partial charge in [0.2, 0.25) is 0 Å². The molecule has 1 heterocycles. The van der Waals surface area contributed by atoms with Gasteiger partial charge in [0.1, 0.15) is 16.9 Å². The number of thioether (sulfide) groups is 1. The molecule has 1 unspecified atom stereocenters. The van der Waals surface area contributed by atoms with Crippen molar-refractivity contribution in [2.45, 2.75) is 5.37 Å². The maximum atomic E-state index is 13.3. The summed E-state index contributed by atoms with van der Waals surface area (Å²) >= 11 is 5.26. The Hall–Kier alpha value is -2.24. The molecule has 0 aliphatic carbocycles. The number of rotatable bonds is 4. The number of hydrogen-bond acceptors (Lipinski definition) is 3. The molecule has 1 amide bonds. The highest BCUT2D eigenvalue weighted by Crippen LogP contribution is 2.40. The van der Waals surface area contributed by atoms with Crippen LogP contribution in [0.25, 0.3) is 0 Å². The maximum Gasteiger partial charge on any atom is 0.258 e. The molecule has 3 aromatic carbocycles. The van der Waals surface area contributed by atoms with E-state index < -0.39 is 0 Å². The molecule has 27 heavy (non-hydrogen) atoms. The predicted octanol–water partition coefficient (Wildman–Crippen LogP) is 6.13. The SMILES string of the molecule is O=C(c1ccccc1Oc1ccccc1)N1CCSC1c1ccc(Br)cc1. The summed E-state index contributed by atoms with van der Waals surface area (Å²) in [4.78, 5) is 15.3. The Morgan fingerprint density at radius 3 is 2.44 bits per heavy atom. The molecule has 3 nitrogen and oxygen atoms in total. The average Bonchev–Trinajstić information content (AvgIpc) is 3.19. The number of halogens is 1. The fourth-order valence-electron chi connectivity index (χ4n) is 3.08. The fourth-order valence-corrected chi connectivity index (χ4v) is 4.60. The van der Waals surface area contributed by atoms with Crippen LogP contribution in [-0.2, 0) is 0 Å². The minimum absolute atomic E-state index is 0.000509. The van der Waals surface area contributed by atoms with Crippen LogP contribution in [0.3, 0.4) is 0 Å². The predicted molar refractivity (Wildman–Crippen MR) is 113 cm³/mol. The van der Waals surface area contributed by atoms with Crippen LogP contribution in [-0.4, -0.2) is 23.1 Å². The molecule has 0 bridgehead atoms. The number of para-hydroxylation sites is 2. The second-order valence-corrected chi connectivity index (χ2v) is 8.29. The third kappa shape index (κ3) is 4.04. The lowest BCUT2D eigenvalue weighted by Crippen LogP contribution is -2.30. The van der Waals surface area contributed by atoms with Gasteiger partial charge in [-0.3, -0.25) is 4.79 Å². The third-order valence-corrected chi connectivity index (χ3v) is 6.18. The Balaban J connectivity index is 1.61. The summed E-state index contributed by atoms with van der Waals surface area (Å²) in [5.41, 5.74) is 1.72. The zero-order valence-electron chi connectivity index (χ0n) is 14.5. The number of carbonyl (C=O) groups excluding carboxylic acids is 1. The van der Waals surface area contributed by atoms with Crippen molar-refractivity contribution in [3.8, 4) is 11.5 Å². The largest absolute Gasteiger partial charge is 0.457 e. The van der Waals surface area contributed by atoms with Crippen molar-refractivity contribution in [1.29, 1.82) is 0 Å². The number of hydrogen-bond donors (Lipinski definition) is 0. The van der Waals surface area contributed by atoms with Crippen molar-refractivity contribution < 1.29 is 9.53 Å². The molecule has 4 rings (SSSR count). The van der Waals surface area contributed by atoms with Gasteiger partial charge in [-0.1, -0.05) is 58.4 Å². The molecule has 0 radical (unpaired) electrons. The van der Waals surface area contributed by atoms with Gasteiger partial charge in [-0.2, -0.15) is 0 Å². The molecule has 0 spiro atoms. The molecule has 1 fully saturated rings. The van der Waals surface area contributed by atoms with Crippen molar-refractivity contribution in [3.63, 3.8) is 0 Å². The van der Waals surface area contributed by atoms with Crippen LogP contribution in [0.5, 0.6) is 11.5 Å². The van der Waals surface area contributed by atoms with Crippen molar-refractivity contribution in [2.75, 3.05) is 12.3 Å². The van der Waals surface area contributed by atoms with Gasteiger partial charge >= 0.3 is 0 Å². The molecule has 1 saturated heterocycles. The van der Waals surface area contributed by atoms with Crippen LogP contribution < -0.4 is 4.74 Å². The Kier molecular flexibility index (Phi) is 5.50. The summed E-state index contributed by atoms with van der Waals surface area (Å²) in [6.07, 6.45) is 0. The third-order valence-electron chi connectivity index (χ3n) is 4.40. The van der Waals surface area contributed by atoms with Gasteiger partial charge in [0.15, 0.2) is 0 Å². The molecule has 3 aromatic rings. The zero-order chi connectivity index (χ0) is 18.6. The standard InChI is InChI=1S/C22H18BrNO2S/c23-17-12-10-16(11-13-17)22-24(14-15-27-22)21(25)19-8-4-5-9-20(19)26-18-6-2-1-3-7-18/h1-13,22H,14-15H2. The van der Waals surface area contributed by atoms with E-state index in [1.807, 2.05) is 71.6 Å². The molecule has 0 N–H and O–H groups in total. The molecule has 1 aliphatic rings. The normalized spacial score (nSPS) is 16.3. The summed E-state index contributed by atoms with van der Waals surface area (Å²) in [6.45, 7) is 0.726. The Morgan fingerprint density at radius 2 is 1.67 bits per heavy atom. The van der Waals surface area contributed by atoms with Crippen LogP contribution in [0.2, 0.25) is 0 Å². The molecule has 1 atom stereocenters. The first-order valence-electron chi connectivity index (χ1n) is 8.72. The average molecular weight is 440 g/mol. The zero-order valence-corrected chi connectivity index (χ0v) is 16.9. The first kappa shape index (κ1) is 18.1. The highest BCUT2D eigenvalue weighted by molar-refractivity contribution is 9.10. The van der Waals surface area contributed by atoms with Gasteiger partial charge < -0.3 is 9.64 Å². The van der Waals surface area contributed by atoms with Gasteiger partial charge in [-0.15, -0.1) is 11.8 Å². The smallest absolute Gasteiger partial charge is 0.258 e. The van der Waals surface area contributed by atoms with E-state index in [4.69, 9.17) is 4.74 Å².